The van der Waals surface area contributed by atoms with Crippen LogP contribution in [0.15, 0.2) is 54.6 Å². The molecule has 3 aromatic rings. The van der Waals surface area contributed by atoms with Crippen LogP contribution < -0.4 is 10.6 Å². The zero-order chi connectivity index (χ0) is 20.7. The van der Waals surface area contributed by atoms with Gasteiger partial charge in [0.1, 0.15) is 11.2 Å². The summed E-state index contributed by atoms with van der Waals surface area (Å²) in [4.78, 5) is 27.5. The van der Waals surface area contributed by atoms with Gasteiger partial charge in [-0.05, 0) is 23.6 Å². The maximum Gasteiger partial charge on any atom is 0.276 e. The molecule has 0 aliphatic carbocycles. The molecular weight excluding hydrogens is 400 g/mol. The molecule has 7 nitrogen and oxygen atoms in total. The molecule has 0 bridgehead atoms. The van der Waals surface area contributed by atoms with E-state index in [0.29, 0.717) is 11.1 Å². The number of hydrogen-bond acceptors (Lipinski definition) is 6. The number of benzene rings is 2. The molecule has 1 amide bonds. The summed E-state index contributed by atoms with van der Waals surface area (Å²) in [5.74, 6) is -0.166. The first-order chi connectivity index (χ1) is 14.6. The topological polar surface area (TPSA) is 87.5 Å². The summed E-state index contributed by atoms with van der Waals surface area (Å²) in [5, 5.41) is 18.4. The summed E-state index contributed by atoms with van der Waals surface area (Å²) in [6.07, 6.45) is 0.200. The van der Waals surface area contributed by atoms with E-state index in [2.05, 4.69) is 27.7 Å². The highest BCUT2D eigenvalue weighted by atomic mass is 32.1. The van der Waals surface area contributed by atoms with Crippen LogP contribution in [0.25, 0.3) is 0 Å². The van der Waals surface area contributed by atoms with Crippen molar-refractivity contribution >= 4 is 27.9 Å². The predicted molar refractivity (Wildman–Crippen MR) is 116 cm³/mol. The first kappa shape index (κ1) is 18.8. The summed E-state index contributed by atoms with van der Waals surface area (Å²) < 4.78 is 0. The molecule has 0 radical (unpaired) electrons. The van der Waals surface area contributed by atoms with Crippen LogP contribution >= 0.6 is 11.3 Å². The molecule has 8 heteroatoms. The van der Waals surface area contributed by atoms with Gasteiger partial charge in [-0.2, -0.15) is 0 Å². The standard InChI is InChI=1S/C22H20N4O3S/c27-21-19-16-10-11-25(12-14-6-2-1-3-7-14)13-18(16)30-22(19)24-20(23-21)15-8-4-5-9-17(15)26(28)29/h1-9,20,24H,10-13H2,(H,23,27)/t20-/m0/s1. The van der Waals surface area contributed by atoms with Crippen LogP contribution in [0, 0.1) is 10.1 Å². The Morgan fingerprint density at radius 1 is 1.10 bits per heavy atom. The number of carbonyl (C=O) groups excluding carboxylic acids is 1. The minimum Gasteiger partial charge on any atom is -0.352 e. The fourth-order valence-electron chi connectivity index (χ4n) is 4.20. The molecule has 5 rings (SSSR count). The highest BCUT2D eigenvalue weighted by Crippen LogP contribution is 2.41. The van der Waals surface area contributed by atoms with Crippen LogP contribution in [-0.4, -0.2) is 22.3 Å². The van der Waals surface area contributed by atoms with Gasteiger partial charge in [0.05, 0.1) is 16.1 Å². The van der Waals surface area contributed by atoms with Crippen molar-refractivity contribution in [1.29, 1.82) is 0 Å². The van der Waals surface area contributed by atoms with Crippen molar-refractivity contribution in [3.63, 3.8) is 0 Å². The smallest absolute Gasteiger partial charge is 0.276 e. The third-order valence-electron chi connectivity index (χ3n) is 5.61. The van der Waals surface area contributed by atoms with Gasteiger partial charge in [-0.15, -0.1) is 11.3 Å². The molecule has 2 aliphatic rings. The predicted octanol–water partition coefficient (Wildman–Crippen LogP) is 4.07. The Morgan fingerprint density at radius 2 is 1.87 bits per heavy atom. The number of para-hydroxylation sites is 1. The quantitative estimate of drug-likeness (QED) is 0.491. The van der Waals surface area contributed by atoms with E-state index < -0.39 is 11.1 Å². The Kier molecular flexibility index (Phi) is 4.72. The van der Waals surface area contributed by atoms with Crippen LogP contribution in [0.5, 0.6) is 0 Å². The number of fused-ring (bicyclic) bond motifs is 3. The zero-order valence-electron chi connectivity index (χ0n) is 16.1. The lowest BCUT2D eigenvalue weighted by molar-refractivity contribution is -0.385. The minimum atomic E-state index is -0.618. The summed E-state index contributed by atoms with van der Waals surface area (Å²) >= 11 is 1.59. The molecule has 2 N–H and O–H groups in total. The van der Waals surface area contributed by atoms with Gasteiger partial charge in [-0.1, -0.05) is 42.5 Å². The molecule has 3 heterocycles. The summed E-state index contributed by atoms with van der Waals surface area (Å²) in [5.41, 5.74) is 3.52. The number of nitrogens with one attached hydrogen (secondary N) is 2. The Labute approximate surface area is 177 Å². The van der Waals surface area contributed by atoms with Crippen LogP contribution in [0.2, 0.25) is 0 Å². The Morgan fingerprint density at radius 3 is 2.67 bits per heavy atom. The lowest BCUT2D eigenvalue weighted by Crippen LogP contribution is -2.39. The van der Waals surface area contributed by atoms with Crippen LogP contribution in [0.3, 0.4) is 0 Å². The number of nitro benzene ring substituents is 1. The average molecular weight is 420 g/mol. The molecule has 0 fully saturated rings. The number of nitro groups is 1. The molecule has 2 aliphatic heterocycles. The number of hydrogen-bond donors (Lipinski definition) is 2. The second-order valence-corrected chi connectivity index (χ2v) is 8.63. The molecule has 1 aromatic heterocycles. The lowest BCUT2D eigenvalue weighted by Gasteiger charge is -2.28. The fourth-order valence-corrected chi connectivity index (χ4v) is 5.51. The third-order valence-corrected chi connectivity index (χ3v) is 6.76. The van der Waals surface area contributed by atoms with Crippen LogP contribution in [0.4, 0.5) is 10.7 Å². The lowest BCUT2D eigenvalue weighted by atomic mass is 9.99. The van der Waals surface area contributed by atoms with E-state index in [9.17, 15) is 14.9 Å². The van der Waals surface area contributed by atoms with Crippen molar-refractivity contribution in [1.82, 2.24) is 10.2 Å². The van der Waals surface area contributed by atoms with Gasteiger partial charge in [0.2, 0.25) is 0 Å². The van der Waals surface area contributed by atoms with Crippen molar-refractivity contribution in [3.05, 3.63) is 91.8 Å². The fraction of sp³-hybridized carbons (Fsp3) is 0.227. The number of rotatable bonds is 4. The van der Waals surface area contributed by atoms with Crippen molar-refractivity contribution < 1.29 is 9.72 Å². The van der Waals surface area contributed by atoms with Gasteiger partial charge >= 0.3 is 0 Å². The SMILES string of the molecule is O=C1N[C@H](c2ccccc2[N+](=O)[O-])Nc2sc3c(c21)CCN(Cc1ccccc1)C3. The summed E-state index contributed by atoms with van der Waals surface area (Å²) in [6, 6.07) is 16.9. The maximum absolute atomic E-state index is 12.9. The molecule has 0 saturated heterocycles. The molecule has 30 heavy (non-hydrogen) atoms. The average Bonchev–Trinajstić information content (AvgIpc) is 3.12. The number of anilines is 1. The van der Waals surface area contributed by atoms with E-state index in [1.165, 1.54) is 16.5 Å². The monoisotopic (exact) mass is 420 g/mol. The van der Waals surface area contributed by atoms with E-state index in [0.717, 1.165) is 36.6 Å². The van der Waals surface area contributed by atoms with Crippen LogP contribution in [-0.2, 0) is 19.5 Å². The first-order valence-corrected chi connectivity index (χ1v) is 10.6. The van der Waals surface area contributed by atoms with Gasteiger partial charge in [-0.3, -0.25) is 19.8 Å². The first-order valence-electron chi connectivity index (χ1n) is 9.81. The zero-order valence-corrected chi connectivity index (χ0v) is 16.9. The van der Waals surface area contributed by atoms with E-state index in [1.54, 1.807) is 29.5 Å². The Bertz CT molecular complexity index is 1130. The molecule has 2 aromatic carbocycles. The highest BCUT2D eigenvalue weighted by Gasteiger charge is 2.35. The third kappa shape index (κ3) is 3.34. The molecule has 1 atom stereocenters. The van der Waals surface area contributed by atoms with Gasteiger partial charge in [0, 0.05) is 30.6 Å². The summed E-state index contributed by atoms with van der Waals surface area (Å²) in [7, 11) is 0. The molecule has 0 unspecified atom stereocenters. The number of thiophene rings is 1. The van der Waals surface area contributed by atoms with E-state index in [-0.39, 0.29) is 11.6 Å². The van der Waals surface area contributed by atoms with Crippen molar-refractivity contribution in [2.24, 2.45) is 0 Å². The molecule has 0 spiro atoms. The molecule has 152 valence electrons. The van der Waals surface area contributed by atoms with E-state index in [1.807, 2.05) is 18.2 Å². The maximum atomic E-state index is 12.9. The number of nitrogens with zero attached hydrogens (tertiary/aromatic N) is 2. The van der Waals surface area contributed by atoms with Crippen molar-refractivity contribution in [3.8, 4) is 0 Å². The normalized spacial score (nSPS) is 18.1. The van der Waals surface area contributed by atoms with Crippen molar-refractivity contribution in [2.75, 3.05) is 11.9 Å². The molecule has 0 saturated carbocycles. The molecular formula is C22H20N4O3S. The second kappa shape index (κ2) is 7.55. The Balaban J connectivity index is 1.41. The van der Waals surface area contributed by atoms with E-state index >= 15 is 0 Å². The largest absolute Gasteiger partial charge is 0.352 e. The number of carbonyl (C=O) groups is 1. The van der Waals surface area contributed by atoms with Gasteiger partial charge in [0.25, 0.3) is 11.6 Å². The van der Waals surface area contributed by atoms with Gasteiger partial charge in [0.15, 0.2) is 0 Å². The van der Waals surface area contributed by atoms with Crippen LogP contribution in [0.1, 0.15) is 38.1 Å². The Hall–Kier alpha value is -3.23. The van der Waals surface area contributed by atoms with Crippen molar-refractivity contribution in [2.45, 2.75) is 25.7 Å². The highest BCUT2D eigenvalue weighted by molar-refractivity contribution is 7.16. The van der Waals surface area contributed by atoms with Gasteiger partial charge in [-0.25, -0.2) is 0 Å². The van der Waals surface area contributed by atoms with Gasteiger partial charge < -0.3 is 10.6 Å². The summed E-state index contributed by atoms with van der Waals surface area (Å²) in [6.45, 7) is 2.57. The van der Waals surface area contributed by atoms with E-state index in [4.69, 9.17) is 0 Å². The minimum absolute atomic E-state index is 0.00546. The second-order valence-electron chi connectivity index (χ2n) is 7.52. The number of amides is 1.